The Morgan fingerprint density at radius 3 is 2.50 bits per heavy atom. The molecule has 1 saturated heterocycles. The molecule has 1 fully saturated rings. The van der Waals surface area contributed by atoms with Crippen molar-refractivity contribution in [3.05, 3.63) is 41.3 Å². The Morgan fingerprint density at radius 1 is 1.18 bits per heavy atom. The fraction of sp³-hybridized carbons (Fsp3) is 0.450. The molecular weight excluding hydrogens is 358 g/mol. The van der Waals surface area contributed by atoms with Gasteiger partial charge in [-0.2, -0.15) is 0 Å². The van der Waals surface area contributed by atoms with E-state index in [9.17, 15) is 9.59 Å². The number of hydrogen-bond acceptors (Lipinski definition) is 7. The second-order valence-corrected chi connectivity index (χ2v) is 6.85. The first-order valence-electron chi connectivity index (χ1n) is 9.47. The van der Waals surface area contributed by atoms with E-state index in [0.29, 0.717) is 30.8 Å². The van der Waals surface area contributed by atoms with Crippen LogP contribution in [-0.2, 0) is 9.53 Å². The van der Waals surface area contributed by atoms with Crippen LogP contribution in [0.1, 0.15) is 41.5 Å². The largest absolute Gasteiger partial charge is 0.462 e. The maximum atomic E-state index is 12.6. The average Bonchev–Trinajstić information content (AvgIpc) is 2.68. The number of anilines is 2. The quantitative estimate of drug-likeness (QED) is 0.792. The number of esters is 1. The van der Waals surface area contributed by atoms with Gasteiger partial charge in [0, 0.05) is 36.6 Å². The van der Waals surface area contributed by atoms with Crippen LogP contribution >= 0.6 is 0 Å². The van der Waals surface area contributed by atoms with Crippen LogP contribution in [0.15, 0.2) is 24.4 Å². The third kappa shape index (κ3) is 4.82. The minimum absolute atomic E-state index is 0.0884. The molecule has 8 nitrogen and oxygen atoms in total. The monoisotopic (exact) mass is 383 g/mol. The molecule has 0 bridgehead atoms. The van der Waals surface area contributed by atoms with Crippen molar-refractivity contribution in [3.63, 3.8) is 0 Å². The van der Waals surface area contributed by atoms with Gasteiger partial charge in [0.25, 0.3) is 0 Å². The lowest BCUT2D eigenvalue weighted by Crippen LogP contribution is -2.39. The van der Waals surface area contributed by atoms with Gasteiger partial charge in [0.15, 0.2) is 0 Å². The molecule has 28 heavy (non-hydrogen) atoms. The summed E-state index contributed by atoms with van der Waals surface area (Å²) >= 11 is 0. The van der Waals surface area contributed by atoms with Gasteiger partial charge in [0.1, 0.15) is 5.82 Å². The summed E-state index contributed by atoms with van der Waals surface area (Å²) in [4.78, 5) is 39.7. The maximum Gasteiger partial charge on any atom is 0.338 e. The fourth-order valence-electron chi connectivity index (χ4n) is 3.26. The number of amides is 1. The van der Waals surface area contributed by atoms with Gasteiger partial charge in [-0.15, -0.1) is 0 Å². The second kappa shape index (κ2) is 8.77. The molecule has 0 saturated carbocycles. The van der Waals surface area contributed by atoms with Gasteiger partial charge < -0.3 is 15.0 Å². The number of carbonyl (C=O) groups excluding carboxylic acids is 2. The molecule has 0 spiro atoms. The van der Waals surface area contributed by atoms with Crippen LogP contribution in [-0.4, -0.2) is 46.5 Å². The van der Waals surface area contributed by atoms with E-state index in [1.54, 1.807) is 13.0 Å². The Labute approximate surface area is 164 Å². The van der Waals surface area contributed by atoms with Gasteiger partial charge in [-0.05, 0) is 51.8 Å². The number of pyridine rings is 1. The normalized spacial score (nSPS) is 14.6. The highest BCUT2D eigenvalue weighted by Crippen LogP contribution is 2.22. The second-order valence-electron chi connectivity index (χ2n) is 6.85. The summed E-state index contributed by atoms with van der Waals surface area (Å²) < 4.78 is 4.98. The van der Waals surface area contributed by atoms with Crippen LogP contribution < -0.4 is 10.2 Å². The molecule has 0 atom stereocenters. The van der Waals surface area contributed by atoms with E-state index in [1.807, 2.05) is 19.9 Å². The zero-order chi connectivity index (χ0) is 20.1. The summed E-state index contributed by atoms with van der Waals surface area (Å²) in [5.41, 5.74) is 2.25. The molecule has 3 heterocycles. The van der Waals surface area contributed by atoms with Gasteiger partial charge in [-0.25, -0.2) is 19.7 Å². The highest BCUT2D eigenvalue weighted by atomic mass is 16.5. The molecule has 8 heteroatoms. The van der Waals surface area contributed by atoms with Crippen molar-refractivity contribution in [3.8, 4) is 0 Å². The summed E-state index contributed by atoms with van der Waals surface area (Å²) in [6.45, 7) is 7.39. The first-order valence-corrected chi connectivity index (χ1v) is 9.47. The number of aromatic nitrogens is 3. The third-order valence-corrected chi connectivity index (χ3v) is 4.64. The Balaban J connectivity index is 1.58. The van der Waals surface area contributed by atoms with Gasteiger partial charge in [-0.1, -0.05) is 0 Å². The summed E-state index contributed by atoms with van der Waals surface area (Å²) in [6.07, 6.45) is 2.90. The number of nitrogens with zero attached hydrogens (tertiary/aromatic N) is 4. The third-order valence-electron chi connectivity index (χ3n) is 4.64. The number of piperidine rings is 1. The Bertz CT molecular complexity index is 842. The van der Waals surface area contributed by atoms with E-state index in [-0.39, 0.29) is 11.8 Å². The lowest BCUT2D eigenvalue weighted by molar-refractivity contribution is -0.120. The molecule has 1 aliphatic rings. The minimum Gasteiger partial charge on any atom is -0.462 e. The van der Waals surface area contributed by atoms with Crippen LogP contribution in [0, 0.1) is 19.8 Å². The van der Waals surface area contributed by atoms with Crippen LogP contribution in [0.5, 0.6) is 0 Å². The number of rotatable bonds is 5. The maximum absolute atomic E-state index is 12.6. The molecule has 0 aliphatic carbocycles. The van der Waals surface area contributed by atoms with Gasteiger partial charge in [-0.3, -0.25) is 4.79 Å². The first-order chi connectivity index (χ1) is 13.5. The van der Waals surface area contributed by atoms with E-state index >= 15 is 0 Å². The van der Waals surface area contributed by atoms with Gasteiger partial charge in [0.2, 0.25) is 11.9 Å². The van der Waals surface area contributed by atoms with E-state index in [4.69, 9.17) is 4.74 Å². The summed E-state index contributed by atoms with van der Waals surface area (Å²) in [5.74, 6) is 0.447. The molecule has 1 N–H and O–H groups in total. The molecule has 1 aliphatic heterocycles. The molecule has 2 aromatic rings. The Morgan fingerprint density at radius 2 is 1.86 bits per heavy atom. The minimum atomic E-state index is -0.429. The summed E-state index contributed by atoms with van der Waals surface area (Å²) in [6, 6.07) is 5.05. The number of aryl methyl sites for hydroxylation is 2. The highest BCUT2D eigenvalue weighted by molar-refractivity contribution is 5.94. The fourth-order valence-corrected chi connectivity index (χ4v) is 3.26. The van der Waals surface area contributed by atoms with Crippen molar-refractivity contribution in [2.45, 2.75) is 33.6 Å². The Hall–Kier alpha value is -3.03. The van der Waals surface area contributed by atoms with E-state index in [1.165, 1.54) is 12.3 Å². The van der Waals surface area contributed by atoms with Crippen molar-refractivity contribution in [2.75, 3.05) is 29.9 Å². The average molecular weight is 383 g/mol. The van der Waals surface area contributed by atoms with Crippen LogP contribution in [0.25, 0.3) is 0 Å². The lowest BCUT2D eigenvalue weighted by Gasteiger charge is -2.31. The van der Waals surface area contributed by atoms with E-state index in [0.717, 1.165) is 30.4 Å². The van der Waals surface area contributed by atoms with Gasteiger partial charge in [0.05, 0.1) is 12.2 Å². The predicted molar refractivity (Wildman–Crippen MR) is 105 cm³/mol. The summed E-state index contributed by atoms with van der Waals surface area (Å²) in [5, 5.41) is 2.81. The predicted octanol–water partition coefficient (Wildman–Crippen LogP) is 2.52. The van der Waals surface area contributed by atoms with Crippen molar-refractivity contribution in [2.24, 2.45) is 5.92 Å². The lowest BCUT2D eigenvalue weighted by atomic mass is 9.96. The number of hydrogen-bond donors (Lipinski definition) is 1. The smallest absolute Gasteiger partial charge is 0.338 e. The van der Waals surface area contributed by atoms with Crippen molar-refractivity contribution in [1.82, 2.24) is 15.0 Å². The number of carbonyl (C=O) groups is 2. The van der Waals surface area contributed by atoms with Crippen molar-refractivity contribution >= 4 is 23.6 Å². The molecule has 0 radical (unpaired) electrons. The first kappa shape index (κ1) is 19.7. The van der Waals surface area contributed by atoms with Crippen LogP contribution in [0.2, 0.25) is 0 Å². The SMILES string of the molecule is CCOC(=O)c1ccnc(NC(=O)C2CCN(c3nc(C)cc(C)n3)CC2)c1. The Kier molecular flexibility index (Phi) is 6.18. The molecule has 1 amide bonds. The molecular formula is C20H25N5O3. The number of nitrogens with one attached hydrogen (secondary N) is 1. The number of ether oxygens (including phenoxy) is 1. The van der Waals surface area contributed by atoms with Crippen LogP contribution in [0.3, 0.4) is 0 Å². The topological polar surface area (TPSA) is 97.3 Å². The molecule has 0 unspecified atom stereocenters. The summed E-state index contributed by atoms with van der Waals surface area (Å²) in [7, 11) is 0. The molecule has 2 aromatic heterocycles. The highest BCUT2D eigenvalue weighted by Gasteiger charge is 2.26. The molecule has 3 rings (SSSR count). The molecule has 0 aromatic carbocycles. The van der Waals surface area contributed by atoms with Gasteiger partial charge >= 0.3 is 5.97 Å². The van der Waals surface area contributed by atoms with Crippen LogP contribution in [0.4, 0.5) is 11.8 Å². The van der Waals surface area contributed by atoms with E-state index < -0.39 is 5.97 Å². The van der Waals surface area contributed by atoms with E-state index in [2.05, 4.69) is 25.2 Å². The zero-order valence-electron chi connectivity index (χ0n) is 16.4. The zero-order valence-corrected chi connectivity index (χ0v) is 16.4. The van der Waals surface area contributed by atoms with Crippen molar-refractivity contribution in [1.29, 1.82) is 0 Å². The molecule has 148 valence electrons. The van der Waals surface area contributed by atoms with Crippen molar-refractivity contribution < 1.29 is 14.3 Å². The standard InChI is InChI=1S/C20H25N5O3/c1-4-28-19(27)16-5-8-21-17(12-16)24-18(26)15-6-9-25(10-7-15)20-22-13(2)11-14(3)23-20/h5,8,11-12,15H,4,6-7,9-10H2,1-3H3,(H,21,24,26).